The van der Waals surface area contributed by atoms with Gasteiger partial charge in [-0.1, -0.05) is 12.1 Å². The lowest BCUT2D eigenvalue weighted by atomic mass is 10.3. The van der Waals surface area contributed by atoms with E-state index in [4.69, 9.17) is 0 Å². The zero-order chi connectivity index (χ0) is 16.4. The Morgan fingerprint density at radius 2 is 1.83 bits per heavy atom. The second-order valence-electron chi connectivity index (χ2n) is 4.75. The fourth-order valence-electron chi connectivity index (χ4n) is 1.94. The van der Waals surface area contributed by atoms with Crippen molar-refractivity contribution in [2.75, 3.05) is 5.43 Å². The fourth-order valence-corrected chi connectivity index (χ4v) is 2.73. The highest BCUT2D eigenvalue weighted by molar-refractivity contribution is 7.11. The van der Waals surface area contributed by atoms with Gasteiger partial charge in [-0.25, -0.2) is 9.97 Å². The van der Waals surface area contributed by atoms with Crippen molar-refractivity contribution in [3.8, 4) is 0 Å². The van der Waals surface area contributed by atoms with Crippen LogP contribution in [0.1, 0.15) is 16.1 Å². The molecule has 0 aliphatic carbocycles. The van der Waals surface area contributed by atoms with Gasteiger partial charge >= 0.3 is 6.18 Å². The van der Waals surface area contributed by atoms with Crippen LogP contribution in [0.2, 0.25) is 0 Å². The number of fused-ring (bicyclic) bond motifs is 1. The van der Waals surface area contributed by atoms with Crippen molar-refractivity contribution < 1.29 is 13.2 Å². The van der Waals surface area contributed by atoms with Crippen LogP contribution < -0.4 is 5.43 Å². The van der Waals surface area contributed by atoms with Crippen LogP contribution >= 0.6 is 11.3 Å². The summed E-state index contributed by atoms with van der Waals surface area (Å²) in [4.78, 5) is 8.50. The molecule has 0 aliphatic heterocycles. The number of para-hydroxylation sites is 2. The molecule has 2 heterocycles. The summed E-state index contributed by atoms with van der Waals surface area (Å²) in [6.07, 6.45) is -3.15. The van der Waals surface area contributed by atoms with E-state index >= 15 is 0 Å². The second kappa shape index (κ2) is 5.96. The molecule has 0 saturated carbocycles. The molecule has 1 N–H and O–H groups in total. The van der Waals surface area contributed by atoms with Crippen LogP contribution in [-0.2, 0) is 6.18 Å². The highest BCUT2D eigenvalue weighted by atomic mass is 32.1. The maximum absolute atomic E-state index is 13.1. The van der Waals surface area contributed by atoms with Crippen LogP contribution in [0.4, 0.5) is 19.0 Å². The number of alkyl halides is 3. The molecule has 0 aliphatic rings. The number of aryl methyl sites for hydroxylation is 1. The number of hydrogen-bond donors (Lipinski definition) is 1. The van der Waals surface area contributed by atoms with E-state index in [1.54, 1.807) is 18.2 Å². The monoisotopic (exact) mass is 336 g/mol. The molecule has 0 saturated heterocycles. The lowest BCUT2D eigenvalue weighted by Gasteiger charge is -2.11. The number of aromatic nitrogens is 2. The summed E-state index contributed by atoms with van der Waals surface area (Å²) in [5.41, 5.74) is 2.82. The van der Waals surface area contributed by atoms with Crippen LogP contribution in [0.3, 0.4) is 0 Å². The van der Waals surface area contributed by atoms with E-state index in [1.807, 2.05) is 18.4 Å². The number of anilines is 1. The number of thiophene rings is 1. The quantitative estimate of drug-likeness (QED) is 0.567. The molecule has 0 radical (unpaired) electrons. The van der Waals surface area contributed by atoms with Gasteiger partial charge in [-0.3, -0.25) is 5.43 Å². The lowest BCUT2D eigenvalue weighted by molar-refractivity contribution is -0.140. The van der Waals surface area contributed by atoms with E-state index in [2.05, 4.69) is 20.5 Å². The Balaban J connectivity index is 1.98. The highest BCUT2D eigenvalue weighted by Gasteiger charge is 2.37. The van der Waals surface area contributed by atoms with Crippen LogP contribution in [0, 0.1) is 6.92 Å². The summed E-state index contributed by atoms with van der Waals surface area (Å²) in [5.74, 6) is -0.415. The van der Waals surface area contributed by atoms with Gasteiger partial charge in [-0.15, -0.1) is 11.3 Å². The van der Waals surface area contributed by atoms with Crippen molar-refractivity contribution in [1.82, 2.24) is 9.97 Å². The molecule has 0 unspecified atom stereocenters. The van der Waals surface area contributed by atoms with Crippen molar-refractivity contribution in [3.05, 3.63) is 51.8 Å². The molecule has 0 amide bonds. The average molecular weight is 336 g/mol. The lowest BCUT2D eigenvalue weighted by Crippen LogP contribution is -2.13. The average Bonchev–Trinajstić information content (AvgIpc) is 2.91. The Labute approximate surface area is 133 Å². The molecule has 1 aromatic carbocycles. The van der Waals surface area contributed by atoms with Gasteiger partial charge in [0.05, 0.1) is 17.2 Å². The minimum absolute atomic E-state index is 0.184. The molecular weight excluding hydrogens is 325 g/mol. The minimum atomic E-state index is -4.62. The Hall–Kier alpha value is -2.48. The molecule has 2 aromatic heterocycles. The maximum atomic E-state index is 13.1. The number of halogens is 3. The SMILES string of the molecule is Cc1ccsc1/C=N\Nc1nc2ccccc2nc1C(F)(F)F. The van der Waals surface area contributed by atoms with Gasteiger partial charge in [0.25, 0.3) is 0 Å². The molecule has 4 nitrogen and oxygen atoms in total. The first-order valence-electron chi connectivity index (χ1n) is 6.62. The van der Waals surface area contributed by atoms with Gasteiger partial charge in [-0.2, -0.15) is 18.3 Å². The van der Waals surface area contributed by atoms with Crippen molar-refractivity contribution in [2.24, 2.45) is 5.10 Å². The van der Waals surface area contributed by atoms with Crippen molar-refractivity contribution in [3.63, 3.8) is 0 Å². The zero-order valence-electron chi connectivity index (χ0n) is 11.9. The summed E-state index contributed by atoms with van der Waals surface area (Å²) >= 11 is 1.45. The zero-order valence-corrected chi connectivity index (χ0v) is 12.7. The largest absolute Gasteiger partial charge is 0.437 e. The van der Waals surface area contributed by atoms with E-state index in [1.165, 1.54) is 23.6 Å². The maximum Gasteiger partial charge on any atom is 0.437 e. The standard InChI is InChI=1S/C15H11F3N4S/c1-9-6-7-23-12(9)8-19-22-14-13(15(16,17)18)20-10-4-2-3-5-11(10)21-14/h2-8H,1H3,(H,21,22)/b19-8-. The highest BCUT2D eigenvalue weighted by Crippen LogP contribution is 2.33. The van der Waals surface area contributed by atoms with Crippen LogP contribution in [0.25, 0.3) is 11.0 Å². The first-order chi connectivity index (χ1) is 10.9. The van der Waals surface area contributed by atoms with E-state index in [0.29, 0.717) is 5.52 Å². The van der Waals surface area contributed by atoms with E-state index < -0.39 is 17.7 Å². The third-order valence-electron chi connectivity index (χ3n) is 3.09. The number of benzene rings is 1. The predicted octanol–water partition coefficient (Wildman–Crippen LogP) is 4.46. The Morgan fingerprint density at radius 3 is 2.43 bits per heavy atom. The topological polar surface area (TPSA) is 50.2 Å². The van der Waals surface area contributed by atoms with Gasteiger partial charge in [0, 0.05) is 4.88 Å². The number of nitrogens with one attached hydrogen (secondary N) is 1. The first-order valence-corrected chi connectivity index (χ1v) is 7.50. The molecule has 3 aromatic rings. The van der Waals surface area contributed by atoms with Gasteiger partial charge < -0.3 is 0 Å². The predicted molar refractivity (Wildman–Crippen MR) is 84.8 cm³/mol. The van der Waals surface area contributed by atoms with Crippen LogP contribution in [-0.4, -0.2) is 16.2 Å². The van der Waals surface area contributed by atoms with Crippen LogP contribution in [0.15, 0.2) is 40.8 Å². The molecular formula is C15H11F3N4S. The van der Waals surface area contributed by atoms with Crippen LogP contribution in [0.5, 0.6) is 0 Å². The minimum Gasteiger partial charge on any atom is -0.259 e. The molecule has 0 spiro atoms. The van der Waals surface area contributed by atoms with Crippen molar-refractivity contribution >= 4 is 34.4 Å². The number of rotatable bonds is 3. The van der Waals surface area contributed by atoms with Crippen molar-refractivity contribution in [1.29, 1.82) is 0 Å². The molecule has 0 atom stereocenters. The Bertz CT molecular complexity index is 871. The third kappa shape index (κ3) is 3.31. The second-order valence-corrected chi connectivity index (χ2v) is 5.69. The Kier molecular flexibility index (Phi) is 3.99. The van der Waals surface area contributed by atoms with E-state index in [-0.39, 0.29) is 5.52 Å². The summed E-state index contributed by atoms with van der Waals surface area (Å²) < 4.78 is 39.4. The fraction of sp³-hybridized carbons (Fsp3) is 0.133. The normalized spacial score (nSPS) is 12.2. The Morgan fingerprint density at radius 1 is 1.13 bits per heavy atom. The summed E-state index contributed by atoms with van der Waals surface area (Å²) in [6, 6.07) is 8.29. The summed E-state index contributed by atoms with van der Waals surface area (Å²) in [6.45, 7) is 1.90. The molecule has 118 valence electrons. The number of nitrogens with zero attached hydrogens (tertiary/aromatic N) is 3. The molecule has 0 fully saturated rings. The van der Waals surface area contributed by atoms with Gasteiger partial charge in [0.2, 0.25) is 0 Å². The van der Waals surface area contributed by atoms with E-state index in [9.17, 15) is 13.2 Å². The summed E-state index contributed by atoms with van der Waals surface area (Å²) in [7, 11) is 0. The smallest absolute Gasteiger partial charge is 0.259 e. The van der Waals surface area contributed by atoms with Crippen molar-refractivity contribution in [2.45, 2.75) is 13.1 Å². The molecule has 23 heavy (non-hydrogen) atoms. The number of hydrazone groups is 1. The van der Waals surface area contributed by atoms with Gasteiger partial charge in [0.15, 0.2) is 11.5 Å². The number of hydrogen-bond acceptors (Lipinski definition) is 5. The molecule has 3 rings (SSSR count). The van der Waals surface area contributed by atoms with E-state index in [0.717, 1.165) is 10.4 Å². The molecule has 0 bridgehead atoms. The summed E-state index contributed by atoms with van der Waals surface area (Å²) in [5, 5.41) is 5.74. The molecule has 8 heteroatoms. The van der Waals surface area contributed by atoms with Gasteiger partial charge in [0.1, 0.15) is 0 Å². The third-order valence-corrected chi connectivity index (χ3v) is 4.05. The first kappa shape index (κ1) is 15.4. The van der Waals surface area contributed by atoms with Gasteiger partial charge in [-0.05, 0) is 36.1 Å².